The third-order valence-electron chi connectivity index (χ3n) is 19.6. The lowest BCUT2D eigenvalue weighted by atomic mass is 9.98. The zero-order chi connectivity index (χ0) is 163. The van der Waals surface area contributed by atoms with Gasteiger partial charge in [-0.25, -0.2) is 13.2 Å². The van der Waals surface area contributed by atoms with Gasteiger partial charge in [-0.15, -0.1) is 0 Å². The van der Waals surface area contributed by atoms with Crippen LogP contribution in [0.4, 0.5) is 52.7 Å². The van der Waals surface area contributed by atoms with Crippen molar-refractivity contribution in [3.8, 4) is 33.4 Å². The Morgan fingerprint density at radius 1 is 0.382 bits per heavy atom. The Hall–Kier alpha value is -11.9. The zero-order valence-corrected chi connectivity index (χ0v) is 78.5. The fraction of sp³-hybridized carbons (Fsp3) is 0.378. The lowest BCUT2D eigenvalue weighted by molar-refractivity contribution is -0.138. The summed E-state index contributed by atoms with van der Waals surface area (Å²) in [5, 5.41) is -3.06. The van der Waals surface area contributed by atoms with Crippen molar-refractivity contribution < 1.29 is 159 Å². The molecule has 18 nitrogen and oxygen atoms in total. The van der Waals surface area contributed by atoms with E-state index < -0.39 is 525 Å². The first-order chi connectivity index (χ1) is 94.8. The summed E-state index contributed by atoms with van der Waals surface area (Å²) >= 11 is 0.485. The second-order valence-electron chi connectivity index (χ2n) is 29.3. The van der Waals surface area contributed by atoms with Gasteiger partial charge in [0.1, 0.15) is 36.9 Å². The molecule has 762 valence electrons. The fourth-order valence-corrected chi connectivity index (χ4v) is 15.2. The molecule has 2 atom stereocenters. The molecule has 9 aromatic carbocycles. The van der Waals surface area contributed by atoms with Gasteiger partial charge in [0, 0.05) is 148 Å². The van der Waals surface area contributed by atoms with Crippen LogP contribution in [0.25, 0.3) is 33.4 Å². The summed E-state index contributed by atoms with van der Waals surface area (Å²) in [4.78, 5) is 95.9. The van der Waals surface area contributed by atoms with Gasteiger partial charge in [-0.2, -0.15) is 54.5 Å². The minimum absolute atomic E-state index is 0.0106. The number of benzene rings is 9. The van der Waals surface area contributed by atoms with Gasteiger partial charge in [0.15, 0.2) is 15.5 Å². The number of carbonyl (C=O) groups excluding carboxylic acids is 3. The molecule has 0 fully saturated rings. The van der Waals surface area contributed by atoms with Gasteiger partial charge in [0.05, 0.1) is 70.1 Å². The molecule has 0 saturated heterocycles. The monoisotopic (exact) mass is 2110 g/mol. The Balaban J connectivity index is 0.000000253. The lowest BCUT2D eigenvalue weighted by Gasteiger charge is -2.28. The van der Waals surface area contributed by atoms with Crippen LogP contribution in [0.3, 0.4) is 0 Å². The minimum atomic E-state index is -5.50. The van der Waals surface area contributed by atoms with Gasteiger partial charge in [0.25, 0.3) is 16.7 Å². The van der Waals surface area contributed by atoms with E-state index in [1.807, 2.05) is 0 Å². The van der Waals surface area contributed by atoms with E-state index in [2.05, 4.69) is 15.0 Å². The molecule has 0 radical (unpaired) electrons. The van der Waals surface area contributed by atoms with Crippen LogP contribution >= 0.6 is 35.3 Å². The van der Waals surface area contributed by atoms with Gasteiger partial charge >= 0.3 is 18.5 Å². The quantitative estimate of drug-likeness (QED) is 0.0202. The van der Waals surface area contributed by atoms with Gasteiger partial charge in [-0.05, 0) is 241 Å². The van der Waals surface area contributed by atoms with Crippen molar-refractivity contribution in [3.05, 3.63) is 350 Å². The van der Waals surface area contributed by atoms with Crippen LogP contribution in [-0.2, 0) is 128 Å². The summed E-state index contributed by atoms with van der Waals surface area (Å²) < 4.78 is 746. The third kappa shape index (κ3) is 29.5. The highest BCUT2D eigenvalue weighted by Crippen LogP contribution is 2.39. The van der Waals surface area contributed by atoms with E-state index in [1.165, 1.54) is 24.3 Å². The first-order valence-electron chi connectivity index (χ1n) is 75.1. The molecule has 2 unspecified atom stereocenters. The van der Waals surface area contributed by atoms with Gasteiger partial charge in [-0.1, -0.05) is 236 Å². The average molecular weight is 2110 g/mol. The van der Waals surface area contributed by atoms with Crippen LogP contribution < -0.4 is 16.7 Å². The summed E-state index contributed by atoms with van der Waals surface area (Å²) in [5.41, 5.74) is -24.0. The van der Waals surface area contributed by atoms with E-state index in [1.54, 1.807) is 0 Å². The topological polar surface area (TPSA) is 175 Å². The smallest absolute Gasteiger partial charge is 0.336 e. The number of fused-ring (bicyclic) bond motifs is 3. The summed E-state index contributed by atoms with van der Waals surface area (Å²) in [6, 6.07) is -25.1. The molecule has 144 heavy (non-hydrogen) atoms. The molecule has 3 amide bonds. The molecule has 0 N–H and O–H groups in total. The second kappa shape index (κ2) is 50.3. The molecule has 3 aliphatic carbocycles. The van der Waals surface area contributed by atoms with E-state index in [0.29, 0.717) is 71.7 Å². The summed E-state index contributed by atoms with van der Waals surface area (Å²) in [6.07, 6.45) is -29.4. The van der Waals surface area contributed by atoms with E-state index >= 15 is 14.4 Å². The predicted octanol–water partition coefficient (Wildman–Crippen LogP) is 22.5. The predicted molar refractivity (Wildman–Crippen MR) is 544 cm³/mol. The number of aromatic nitrogens is 6. The number of hydrogen-bond donors (Lipinski definition) is 0. The van der Waals surface area contributed by atoms with Crippen LogP contribution in [-0.4, -0.2) is 154 Å². The van der Waals surface area contributed by atoms with E-state index in [-0.39, 0.29) is 99.5 Å². The molecule has 12 aromatic rings. The number of halogens is 12. The number of alkyl halides is 9. The Kier molecular flexibility index (Phi) is 17.8. The SMILES string of the molecule is [2H]c1c([2H])c(CSc2nc(=O)c3c(n2C([2H])([2H])C(=O)N(Cc2c([2H])c([2H])c(-c4c([2H])c([2H])c(C(F)(F)F)c(C)c4[2H])c([2H])c2[2H])C([2H])([2H])C([2H])([2H])N(C([2H])([2H])C)C([2H])([2H])C)CCC3)c([2H])c([2H])c1F.[2H]c1c([2H])c(CSc2nc(=O)c3c(n2C([2H])([2H])C(=O)N(Cc2c([2H])c([2H])c(-c4c([2H])c([2H])c(C(F)(F)F)c([2H])c4[2H])c([2H])c2[2H])C([2H])([2H])C([2H])([2H])N(C([2H])([2H])C)C([2H])([2H])C)C([2H])([2H])C([2H])(C)C3([2H])[2H])c([2H])c([2H])c1F.[2H]c1c([2H])c(CSc2nc(=O)c3c(n2C([2H])([2H])C(=O)N(Cc2ccc(-c4ccc(C(F)(F)F)cc4)cc2)C([2H])([2H])C([2H])([2H])N(C([2H])([2H])C)C([2H])([2H])C)C([2H])([2H])C([2H])(C)C3([2H])[2H])c([2H])c([2H])c1F. The third-order valence-corrected chi connectivity index (χ3v) is 22.4. The first-order valence-corrected chi connectivity index (χ1v) is 44.6. The van der Waals surface area contributed by atoms with E-state index in [4.69, 9.17) is 75.4 Å². The zero-order valence-electron chi connectivity index (χ0n) is 143. The number of rotatable bonds is 39. The maximum Gasteiger partial charge on any atom is 0.416 e. The maximum absolute atomic E-state index is 15.4. The van der Waals surface area contributed by atoms with Crippen molar-refractivity contribution in [2.75, 3.05) is 78.0 Å². The molecule has 0 spiro atoms. The Bertz CT molecular complexity index is 10200. The molecule has 33 heteroatoms. The molecule has 0 bridgehead atoms. The molecule has 3 aromatic heterocycles. The van der Waals surface area contributed by atoms with Crippen LogP contribution in [0.2, 0.25) is 0 Å². The van der Waals surface area contributed by atoms with Crippen molar-refractivity contribution in [1.82, 2.24) is 58.1 Å². The van der Waals surface area contributed by atoms with E-state index in [0.717, 1.165) is 31.2 Å². The molecule has 0 saturated carbocycles. The largest absolute Gasteiger partial charge is 0.416 e. The number of carbonyl (C=O) groups is 3. The molecule has 3 aliphatic rings. The Morgan fingerprint density at radius 3 is 1.06 bits per heavy atom. The summed E-state index contributed by atoms with van der Waals surface area (Å²) in [5.74, 6) is -20.3. The standard InChI is InChI=1S/3C37H40F4N4O2S/c2*1-4-43(5-2)18-19-44(22-26-6-10-28(11-7-26)29-12-14-30(15-13-29)37(39,40)41)34(46)23-45-33-21-25(3)20-32(33)35(47)42-36(45)48-24-27-8-16-31(38)17-9-27;1-4-43(5-2)19-20-44(22-26-9-13-28(14-10-26)29-15-18-32(25(3)21-29)37(39,40)41)34(46)23-45-33-8-6-7-31(33)35(47)42-36(45)48-24-27-11-16-30(38)17-12-27/h2*6-17,25H,4-5,18-24H2,1-3H3;9-18,21H,4-8,19-20,22-24H2,1-3H3/i4D2,5D2,6D,7D,8D,9D,10D,11D,12D,13D,14D,15D,16D,17D,18D2,19D2,20D2,21D2,23D2,25D;4D2,5D2,8D,9D,16D,17D,18D2,19D2,20D2,21D2,23D2,25D;4D2,5D2,9D,10D,11D,12D,13D,14D,15D,16D,17D,18D,19D2,20D2,21D,23D2. The number of nitrogens with zero attached hydrogens (tertiary/aromatic N) is 12. The van der Waals surface area contributed by atoms with Crippen molar-refractivity contribution in [3.63, 3.8) is 0 Å². The van der Waals surface area contributed by atoms with Crippen molar-refractivity contribution in [1.29, 1.82) is 0 Å². The molecular formula is C111H120F12N12O6S3. The van der Waals surface area contributed by atoms with Crippen LogP contribution in [0.15, 0.2) is 242 Å². The normalized spacial score (nSPS) is 24.5. The lowest BCUT2D eigenvalue weighted by Crippen LogP contribution is -2.40. The highest BCUT2D eigenvalue weighted by Gasteiger charge is 2.36. The van der Waals surface area contributed by atoms with Crippen LogP contribution in [0.5, 0.6) is 0 Å². The fourth-order valence-electron chi connectivity index (χ4n) is 12.7. The molecule has 3 heterocycles. The molecular weight excluding hydrogens is 1920 g/mol. The van der Waals surface area contributed by atoms with E-state index in [9.17, 15) is 83.5 Å². The first kappa shape index (κ1) is 51.0. The summed E-state index contributed by atoms with van der Waals surface area (Å²) in [7, 11) is 0. The number of likely N-dealkylation sites (N-methyl/N-ethyl adjacent to an activating group) is 3. The molecule has 0 aliphatic heterocycles. The Labute approximate surface area is 938 Å². The summed E-state index contributed by atoms with van der Waals surface area (Å²) in [6.45, 7) is -55.7. The Morgan fingerprint density at radius 2 is 0.701 bits per heavy atom. The van der Waals surface area contributed by atoms with Crippen molar-refractivity contribution in [2.24, 2.45) is 11.8 Å². The van der Waals surface area contributed by atoms with Crippen LogP contribution in [0, 0.1) is 36.2 Å². The van der Waals surface area contributed by atoms with Gasteiger partial charge < -0.3 is 43.1 Å². The van der Waals surface area contributed by atoms with Crippen LogP contribution in [0.1, 0.15) is 243 Å². The number of hydrogen-bond acceptors (Lipinski definition) is 15. The number of thioether (sulfide) groups is 3. The number of amides is 3. The minimum Gasteiger partial charge on any atom is -0.336 e. The van der Waals surface area contributed by atoms with Crippen molar-refractivity contribution >= 4 is 53.0 Å². The second-order valence-corrected chi connectivity index (χ2v) is 32.2. The molecule has 15 rings (SSSR count). The highest BCUT2D eigenvalue weighted by atomic mass is 32.2. The van der Waals surface area contributed by atoms with Crippen molar-refractivity contribution in [2.45, 2.75) is 197 Å². The maximum atomic E-state index is 15.4. The van der Waals surface area contributed by atoms with Gasteiger partial charge in [0.2, 0.25) is 17.7 Å². The highest BCUT2D eigenvalue weighted by molar-refractivity contribution is 7.98. The average Bonchev–Trinajstić information content (AvgIpc) is 1.51. The van der Waals surface area contributed by atoms with Gasteiger partial charge in [-0.3, -0.25) is 28.8 Å².